The molecular formula is C16H24N2O4. The summed E-state index contributed by atoms with van der Waals surface area (Å²) in [5, 5.41) is 2.84. The molecule has 1 N–H and O–H groups in total. The van der Waals surface area contributed by atoms with E-state index in [1.165, 1.54) is 0 Å². The van der Waals surface area contributed by atoms with E-state index in [1.807, 2.05) is 34.6 Å². The van der Waals surface area contributed by atoms with Crippen LogP contribution in [0.15, 0.2) is 18.3 Å². The molecule has 1 aliphatic heterocycles. The molecule has 0 atom stereocenters. The fourth-order valence-corrected chi connectivity index (χ4v) is 1.93. The summed E-state index contributed by atoms with van der Waals surface area (Å²) in [4.78, 5) is 16.6. The summed E-state index contributed by atoms with van der Waals surface area (Å²) in [5.74, 6) is -0.260. The maximum atomic E-state index is 12.4. The molecule has 1 aromatic rings. The van der Waals surface area contributed by atoms with Crippen molar-refractivity contribution < 1.29 is 19.0 Å². The smallest absolute Gasteiger partial charge is 0.235 e. The first kappa shape index (κ1) is 16.7. The molecule has 1 aromatic heterocycles. The number of aromatic nitrogens is 1. The third-order valence-electron chi connectivity index (χ3n) is 3.38. The van der Waals surface area contributed by atoms with Gasteiger partial charge in [0.2, 0.25) is 11.8 Å². The quantitative estimate of drug-likeness (QED) is 0.926. The average Bonchev–Trinajstić information content (AvgIpc) is 2.44. The van der Waals surface area contributed by atoms with Crippen LogP contribution in [0.1, 0.15) is 34.6 Å². The number of nitrogens with one attached hydrogen (secondary N) is 1. The Balaban J connectivity index is 1.97. The van der Waals surface area contributed by atoms with Crippen LogP contribution >= 0.6 is 0 Å². The van der Waals surface area contributed by atoms with Crippen LogP contribution < -0.4 is 10.1 Å². The lowest BCUT2D eigenvalue weighted by Gasteiger charge is -2.40. The molecule has 2 heterocycles. The van der Waals surface area contributed by atoms with Crippen molar-refractivity contribution in [1.82, 2.24) is 4.98 Å². The zero-order valence-corrected chi connectivity index (χ0v) is 13.8. The van der Waals surface area contributed by atoms with Crippen LogP contribution in [0.4, 0.5) is 5.69 Å². The first-order chi connectivity index (χ1) is 10.2. The van der Waals surface area contributed by atoms with Gasteiger partial charge in [0.05, 0.1) is 36.6 Å². The van der Waals surface area contributed by atoms with Crippen molar-refractivity contribution in [3.05, 3.63) is 18.3 Å². The molecule has 1 aliphatic rings. The molecule has 6 nitrogen and oxygen atoms in total. The second-order valence-electron chi connectivity index (χ2n) is 6.54. The van der Waals surface area contributed by atoms with Gasteiger partial charge in [0.15, 0.2) is 5.79 Å². The lowest BCUT2D eigenvalue weighted by atomic mass is 9.90. The Morgan fingerprint density at radius 2 is 1.91 bits per heavy atom. The fourth-order valence-electron chi connectivity index (χ4n) is 1.93. The van der Waals surface area contributed by atoms with E-state index in [4.69, 9.17) is 14.2 Å². The van der Waals surface area contributed by atoms with Gasteiger partial charge in [0.1, 0.15) is 0 Å². The Hall–Kier alpha value is -1.66. The molecule has 0 spiro atoms. The largest absolute Gasteiger partial charge is 0.475 e. The van der Waals surface area contributed by atoms with Gasteiger partial charge in [-0.1, -0.05) is 0 Å². The van der Waals surface area contributed by atoms with Crippen molar-refractivity contribution in [2.45, 2.75) is 46.5 Å². The number of hydrogen-bond donors (Lipinski definition) is 1. The van der Waals surface area contributed by atoms with E-state index >= 15 is 0 Å². The van der Waals surface area contributed by atoms with Crippen LogP contribution in [0.3, 0.4) is 0 Å². The Morgan fingerprint density at radius 3 is 2.41 bits per heavy atom. The molecule has 22 heavy (non-hydrogen) atoms. The highest BCUT2D eigenvalue weighted by molar-refractivity contribution is 5.95. The summed E-state index contributed by atoms with van der Waals surface area (Å²) in [6.07, 6.45) is 1.64. The van der Waals surface area contributed by atoms with Crippen molar-refractivity contribution in [1.29, 1.82) is 0 Å². The van der Waals surface area contributed by atoms with Crippen LogP contribution in [0, 0.1) is 5.41 Å². The number of carbonyl (C=O) groups is 1. The molecule has 0 unspecified atom stereocenters. The van der Waals surface area contributed by atoms with Gasteiger partial charge in [-0.2, -0.15) is 0 Å². The average molecular weight is 308 g/mol. The van der Waals surface area contributed by atoms with E-state index in [0.717, 1.165) is 0 Å². The Kier molecular flexibility index (Phi) is 4.72. The van der Waals surface area contributed by atoms with E-state index in [-0.39, 0.29) is 12.0 Å². The second-order valence-corrected chi connectivity index (χ2v) is 6.54. The van der Waals surface area contributed by atoms with E-state index in [9.17, 15) is 4.79 Å². The van der Waals surface area contributed by atoms with Crippen molar-refractivity contribution in [3.63, 3.8) is 0 Å². The molecule has 0 saturated carbocycles. The van der Waals surface area contributed by atoms with Crippen LogP contribution in [0.25, 0.3) is 0 Å². The lowest BCUT2D eigenvalue weighted by Crippen LogP contribution is -2.50. The van der Waals surface area contributed by atoms with Crippen molar-refractivity contribution in [2.75, 3.05) is 18.5 Å². The first-order valence-electron chi connectivity index (χ1n) is 7.42. The summed E-state index contributed by atoms with van der Waals surface area (Å²) in [6, 6.07) is 3.50. The molecule has 1 amide bonds. The molecular weight excluding hydrogens is 284 g/mol. The molecule has 0 radical (unpaired) electrons. The number of amides is 1. The normalized spacial score (nSPS) is 19.7. The Labute approximate surface area is 131 Å². The van der Waals surface area contributed by atoms with Crippen LogP contribution in [-0.4, -0.2) is 36.0 Å². The number of nitrogens with zero attached hydrogens (tertiary/aromatic N) is 1. The number of rotatable bonds is 4. The van der Waals surface area contributed by atoms with Crippen molar-refractivity contribution >= 4 is 11.6 Å². The van der Waals surface area contributed by atoms with E-state index in [1.54, 1.807) is 18.3 Å². The molecule has 1 saturated heterocycles. The summed E-state index contributed by atoms with van der Waals surface area (Å²) in [5.41, 5.74) is -0.102. The zero-order valence-electron chi connectivity index (χ0n) is 13.8. The van der Waals surface area contributed by atoms with Crippen LogP contribution in [0.2, 0.25) is 0 Å². The SMILES string of the molecule is CC(C)Oc1ccc(NC(=O)C2(C)COC(C)(C)OC2)cn1. The minimum absolute atomic E-state index is 0.0618. The maximum absolute atomic E-state index is 12.4. The summed E-state index contributed by atoms with van der Waals surface area (Å²) in [6.45, 7) is 9.98. The molecule has 0 aliphatic carbocycles. The molecule has 6 heteroatoms. The van der Waals surface area contributed by atoms with E-state index < -0.39 is 11.2 Å². The topological polar surface area (TPSA) is 69.7 Å². The van der Waals surface area contributed by atoms with Gasteiger partial charge in [-0.05, 0) is 40.7 Å². The highest BCUT2D eigenvalue weighted by atomic mass is 16.7. The minimum atomic E-state index is -0.720. The number of carbonyl (C=O) groups excluding carboxylic acids is 1. The summed E-state index contributed by atoms with van der Waals surface area (Å²) < 4.78 is 16.6. The molecule has 1 fully saturated rings. The molecule has 0 bridgehead atoms. The first-order valence-corrected chi connectivity index (χ1v) is 7.42. The summed E-state index contributed by atoms with van der Waals surface area (Å²) in [7, 11) is 0. The highest BCUT2D eigenvalue weighted by Crippen LogP contribution is 2.30. The van der Waals surface area contributed by atoms with Crippen molar-refractivity contribution in [3.8, 4) is 5.88 Å². The molecule has 0 aromatic carbocycles. The molecule has 122 valence electrons. The van der Waals surface area contributed by atoms with E-state index in [2.05, 4.69) is 10.3 Å². The number of anilines is 1. The molecule has 2 rings (SSSR count). The number of hydrogen-bond acceptors (Lipinski definition) is 5. The fraction of sp³-hybridized carbons (Fsp3) is 0.625. The third-order valence-corrected chi connectivity index (χ3v) is 3.38. The Bertz CT molecular complexity index is 515. The van der Waals surface area contributed by atoms with Crippen LogP contribution in [0.5, 0.6) is 5.88 Å². The zero-order chi connectivity index (χ0) is 16.4. The van der Waals surface area contributed by atoms with Gasteiger partial charge in [0, 0.05) is 6.07 Å². The minimum Gasteiger partial charge on any atom is -0.475 e. The predicted molar refractivity (Wildman–Crippen MR) is 82.7 cm³/mol. The number of ether oxygens (including phenoxy) is 3. The summed E-state index contributed by atoms with van der Waals surface area (Å²) >= 11 is 0. The van der Waals surface area contributed by atoms with E-state index in [0.29, 0.717) is 24.8 Å². The van der Waals surface area contributed by atoms with Crippen molar-refractivity contribution in [2.24, 2.45) is 5.41 Å². The standard InChI is InChI=1S/C16H24N2O4/c1-11(2)22-13-7-6-12(8-17-13)18-14(19)16(5)9-20-15(3,4)21-10-16/h6-8,11H,9-10H2,1-5H3,(H,18,19). The van der Waals surface area contributed by atoms with Gasteiger partial charge in [-0.15, -0.1) is 0 Å². The lowest BCUT2D eigenvalue weighted by molar-refractivity contribution is -0.276. The van der Waals surface area contributed by atoms with Gasteiger partial charge in [-0.3, -0.25) is 4.79 Å². The monoisotopic (exact) mass is 308 g/mol. The maximum Gasteiger partial charge on any atom is 0.235 e. The highest BCUT2D eigenvalue weighted by Gasteiger charge is 2.42. The second kappa shape index (κ2) is 6.22. The Morgan fingerprint density at radius 1 is 1.27 bits per heavy atom. The number of pyridine rings is 1. The van der Waals surface area contributed by atoms with Crippen LogP contribution in [-0.2, 0) is 14.3 Å². The third kappa shape index (κ3) is 4.18. The van der Waals surface area contributed by atoms with Gasteiger partial charge < -0.3 is 19.5 Å². The van der Waals surface area contributed by atoms with Gasteiger partial charge in [-0.25, -0.2) is 4.98 Å². The predicted octanol–water partition coefficient (Wildman–Crippen LogP) is 2.60. The van der Waals surface area contributed by atoms with Gasteiger partial charge in [0.25, 0.3) is 0 Å². The van der Waals surface area contributed by atoms with Gasteiger partial charge >= 0.3 is 0 Å².